The number of urea groups is 1. The molecule has 24 heavy (non-hydrogen) atoms. The molecule has 6 heteroatoms. The van der Waals surface area contributed by atoms with Gasteiger partial charge in [0.05, 0.1) is 12.1 Å². The zero-order valence-electron chi connectivity index (χ0n) is 14.0. The highest BCUT2D eigenvalue weighted by atomic mass is 16.3. The van der Waals surface area contributed by atoms with E-state index in [2.05, 4.69) is 5.32 Å². The summed E-state index contributed by atoms with van der Waals surface area (Å²) in [4.78, 5) is 28.1. The number of carbonyl (C=O) groups excluding carboxylic acids is 2. The SMILES string of the molecule is C[C@@H]1CC[C@@H](O)CN1C(=O)CN1CCC(c2ccccc2)NC1=O. The predicted octanol–water partition coefficient (Wildman–Crippen LogP) is 1.51. The number of aliphatic hydroxyl groups is 1. The lowest BCUT2D eigenvalue weighted by atomic mass is 10.0. The zero-order chi connectivity index (χ0) is 17.1. The summed E-state index contributed by atoms with van der Waals surface area (Å²) in [6, 6.07) is 9.79. The Labute approximate surface area is 142 Å². The molecular formula is C18H25N3O3. The lowest BCUT2D eigenvalue weighted by Gasteiger charge is -2.38. The van der Waals surface area contributed by atoms with Crippen molar-refractivity contribution in [2.75, 3.05) is 19.6 Å². The second kappa shape index (κ2) is 7.21. The Bertz CT molecular complexity index is 592. The van der Waals surface area contributed by atoms with Crippen molar-refractivity contribution in [1.29, 1.82) is 0 Å². The number of hydrogen-bond acceptors (Lipinski definition) is 3. The molecule has 0 spiro atoms. The van der Waals surface area contributed by atoms with Gasteiger partial charge in [-0.3, -0.25) is 4.79 Å². The summed E-state index contributed by atoms with van der Waals surface area (Å²) in [5.41, 5.74) is 1.09. The van der Waals surface area contributed by atoms with Crippen LogP contribution < -0.4 is 5.32 Å². The van der Waals surface area contributed by atoms with Crippen molar-refractivity contribution in [2.45, 2.75) is 44.4 Å². The highest BCUT2D eigenvalue weighted by Crippen LogP contribution is 2.22. The van der Waals surface area contributed by atoms with Crippen molar-refractivity contribution in [1.82, 2.24) is 15.1 Å². The molecular weight excluding hydrogens is 306 g/mol. The standard InChI is InChI=1S/C18H25N3O3/c1-13-7-8-15(22)11-21(13)17(23)12-20-10-9-16(19-18(20)24)14-5-3-2-4-6-14/h2-6,13,15-16,22H,7-12H2,1H3,(H,19,24)/t13-,15-,16?/m1/s1. The molecule has 2 fully saturated rings. The van der Waals surface area contributed by atoms with E-state index in [0.29, 0.717) is 13.1 Å². The number of rotatable bonds is 3. The van der Waals surface area contributed by atoms with E-state index in [1.54, 1.807) is 9.80 Å². The number of hydrogen-bond donors (Lipinski definition) is 2. The maximum absolute atomic E-state index is 12.5. The third kappa shape index (κ3) is 3.70. The van der Waals surface area contributed by atoms with E-state index in [9.17, 15) is 14.7 Å². The number of nitrogens with zero attached hydrogens (tertiary/aromatic N) is 2. The van der Waals surface area contributed by atoms with Crippen LogP contribution in [0.5, 0.6) is 0 Å². The lowest BCUT2D eigenvalue weighted by molar-refractivity contribution is -0.137. The summed E-state index contributed by atoms with van der Waals surface area (Å²) in [5, 5.41) is 12.8. The molecule has 2 aliphatic rings. The Hall–Kier alpha value is -2.08. The van der Waals surface area contributed by atoms with Crippen molar-refractivity contribution in [3.8, 4) is 0 Å². The Kier molecular flexibility index (Phi) is 5.04. The maximum Gasteiger partial charge on any atom is 0.318 e. The van der Waals surface area contributed by atoms with Gasteiger partial charge in [-0.2, -0.15) is 0 Å². The highest BCUT2D eigenvalue weighted by Gasteiger charge is 2.32. The number of nitrogens with one attached hydrogen (secondary N) is 1. The Balaban J connectivity index is 1.57. The number of amides is 3. The molecule has 2 heterocycles. The first kappa shape index (κ1) is 16.8. The highest BCUT2D eigenvalue weighted by molar-refractivity contribution is 5.85. The number of carbonyl (C=O) groups is 2. The maximum atomic E-state index is 12.5. The van der Waals surface area contributed by atoms with Gasteiger partial charge in [0, 0.05) is 19.1 Å². The van der Waals surface area contributed by atoms with Crippen LogP contribution in [0.1, 0.15) is 37.8 Å². The number of likely N-dealkylation sites (tertiary alicyclic amines) is 1. The molecule has 0 aromatic heterocycles. The molecule has 130 valence electrons. The van der Waals surface area contributed by atoms with Crippen molar-refractivity contribution in [3.63, 3.8) is 0 Å². The lowest BCUT2D eigenvalue weighted by Crippen LogP contribution is -2.55. The van der Waals surface area contributed by atoms with Crippen LogP contribution >= 0.6 is 0 Å². The number of piperidine rings is 1. The average Bonchev–Trinajstić information content (AvgIpc) is 2.59. The number of β-amino-alcohol motifs (C(OH)–C–C–N with tert-alkyl or cyclic N) is 1. The van der Waals surface area contributed by atoms with Crippen LogP contribution in [-0.2, 0) is 4.79 Å². The molecule has 3 atom stereocenters. The minimum absolute atomic E-state index is 0.000726. The summed E-state index contributed by atoms with van der Waals surface area (Å²) in [6.45, 7) is 2.99. The molecule has 0 saturated carbocycles. The Morgan fingerprint density at radius 2 is 2.00 bits per heavy atom. The van der Waals surface area contributed by atoms with E-state index in [1.165, 1.54) is 0 Å². The molecule has 1 aromatic rings. The van der Waals surface area contributed by atoms with Gasteiger partial charge >= 0.3 is 6.03 Å². The molecule has 0 radical (unpaired) electrons. The molecule has 2 aliphatic heterocycles. The summed E-state index contributed by atoms with van der Waals surface area (Å²) in [7, 11) is 0. The van der Waals surface area contributed by atoms with Crippen molar-refractivity contribution in [3.05, 3.63) is 35.9 Å². The fraction of sp³-hybridized carbons (Fsp3) is 0.556. The van der Waals surface area contributed by atoms with Gasteiger partial charge in [-0.05, 0) is 31.7 Å². The summed E-state index contributed by atoms with van der Waals surface area (Å²) in [5.74, 6) is -0.0884. The largest absolute Gasteiger partial charge is 0.391 e. The monoisotopic (exact) mass is 331 g/mol. The van der Waals surface area contributed by atoms with E-state index in [0.717, 1.165) is 24.8 Å². The number of benzene rings is 1. The van der Waals surface area contributed by atoms with Crippen LogP contribution in [0, 0.1) is 0 Å². The van der Waals surface area contributed by atoms with Gasteiger partial charge in [0.15, 0.2) is 0 Å². The van der Waals surface area contributed by atoms with E-state index < -0.39 is 6.10 Å². The van der Waals surface area contributed by atoms with Gasteiger partial charge in [-0.25, -0.2) is 4.79 Å². The molecule has 1 unspecified atom stereocenters. The topological polar surface area (TPSA) is 72.9 Å². The molecule has 2 saturated heterocycles. The first-order valence-corrected chi connectivity index (χ1v) is 8.62. The second-order valence-corrected chi connectivity index (χ2v) is 6.75. The summed E-state index contributed by atoms with van der Waals surface area (Å²) >= 11 is 0. The Morgan fingerprint density at radius 1 is 1.25 bits per heavy atom. The van der Waals surface area contributed by atoms with Crippen molar-refractivity contribution >= 4 is 11.9 Å². The molecule has 0 bridgehead atoms. The predicted molar refractivity (Wildman–Crippen MR) is 90.3 cm³/mol. The molecule has 1 aromatic carbocycles. The van der Waals surface area contributed by atoms with Crippen LogP contribution in [0.2, 0.25) is 0 Å². The van der Waals surface area contributed by atoms with Gasteiger partial charge in [0.1, 0.15) is 6.54 Å². The molecule has 3 amide bonds. The minimum atomic E-state index is -0.456. The van der Waals surface area contributed by atoms with E-state index in [-0.39, 0.29) is 30.6 Å². The smallest absolute Gasteiger partial charge is 0.318 e. The van der Waals surface area contributed by atoms with Crippen LogP contribution in [0.4, 0.5) is 4.79 Å². The van der Waals surface area contributed by atoms with Gasteiger partial charge < -0.3 is 20.2 Å². The molecule has 6 nitrogen and oxygen atoms in total. The van der Waals surface area contributed by atoms with Gasteiger partial charge in [-0.1, -0.05) is 30.3 Å². The quantitative estimate of drug-likeness (QED) is 0.882. The Morgan fingerprint density at radius 3 is 2.71 bits per heavy atom. The van der Waals surface area contributed by atoms with E-state index >= 15 is 0 Å². The fourth-order valence-electron chi connectivity index (χ4n) is 3.47. The van der Waals surface area contributed by atoms with Crippen LogP contribution in [0.25, 0.3) is 0 Å². The fourth-order valence-corrected chi connectivity index (χ4v) is 3.47. The second-order valence-electron chi connectivity index (χ2n) is 6.75. The summed E-state index contributed by atoms with van der Waals surface area (Å²) in [6.07, 6.45) is 1.85. The normalized spacial score (nSPS) is 27.8. The molecule has 0 aliphatic carbocycles. The van der Waals surface area contributed by atoms with Gasteiger partial charge in [-0.15, -0.1) is 0 Å². The summed E-state index contributed by atoms with van der Waals surface area (Å²) < 4.78 is 0. The van der Waals surface area contributed by atoms with E-state index in [1.807, 2.05) is 37.3 Å². The molecule has 3 rings (SSSR count). The van der Waals surface area contributed by atoms with Crippen LogP contribution in [-0.4, -0.2) is 58.6 Å². The van der Waals surface area contributed by atoms with E-state index in [4.69, 9.17) is 0 Å². The van der Waals surface area contributed by atoms with Gasteiger partial charge in [0.25, 0.3) is 0 Å². The molecule has 2 N–H and O–H groups in total. The third-order valence-electron chi connectivity index (χ3n) is 4.98. The third-order valence-corrected chi connectivity index (χ3v) is 4.98. The van der Waals surface area contributed by atoms with Crippen molar-refractivity contribution in [2.24, 2.45) is 0 Å². The van der Waals surface area contributed by atoms with Crippen LogP contribution in [0.3, 0.4) is 0 Å². The van der Waals surface area contributed by atoms with Gasteiger partial charge in [0.2, 0.25) is 5.91 Å². The minimum Gasteiger partial charge on any atom is -0.391 e. The average molecular weight is 331 g/mol. The van der Waals surface area contributed by atoms with Crippen molar-refractivity contribution < 1.29 is 14.7 Å². The first-order chi connectivity index (χ1) is 11.5. The number of aliphatic hydroxyl groups excluding tert-OH is 1. The first-order valence-electron chi connectivity index (χ1n) is 8.62. The van der Waals surface area contributed by atoms with Crippen LogP contribution in [0.15, 0.2) is 30.3 Å². The zero-order valence-corrected chi connectivity index (χ0v) is 14.0.